The van der Waals surface area contributed by atoms with Crippen molar-refractivity contribution >= 4 is 0 Å². The summed E-state index contributed by atoms with van der Waals surface area (Å²) in [6.45, 7) is 6.47. The normalized spacial score (nSPS) is 10.8. The Balaban J connectivity index is 2.32. The first-order chi connectivity index (χ1) is 9.15. The number of rotatable bonds is 9. The summed E-state index contributed by atoms with van der Waals surface area (Å²) in [4.78, 5) is 0. The number of hydrogen-bond acceptors (Lipinski definition) is 3. The van der Waals surface area contributed by atoms with Gasteiger partial charge in [-0.25, -0.2) is 0 Å². The van der Waals surface area contributed by atoms with Crippen LogP contribution in [0.2, 0.25) is 0 Å². The van der Waals surface area contributed by atoms with Crippen LogP contribution in [0, 0.1) is 5.92 Å². The SMILES string of the molecule is COc1cc(CNCCCCC(C)C)cc(OC)c1. The summed E-state index contributed by atoms with van der Waals surface area (Å²) in [6.07, 6.45) is 3.85. The van der Waals surface area contributed by atoms with Crippen LogP contribution in [0.5, 0.6) is 11.5 Å². The van der Waals surface area contributed by atoms with E-state index in [0.717, 1.165) is 30.5 Å². The van der Waals surface area contributed by atoms with Crippen LogP contribution in [0.25, 0.3) is 0 Å². The molecule has 0 unspecified atom stereocenters. The van der Waals surface area contributed by atoms with Gasteiger partial charge in [0.05, 0.1) is 14.2 Å². The van der Waals surface area contributed by atoms with Gasteiger partial charge in [-0.2, -0.15) is 0 Å². The molecule has 0 aliphatic rings. The van der Waals surface area contributed by atoms with Crippen LogP contribution in [0.3, 0.4) is 0 Å². The van der Waals surface area contributed by atoms with E-state index < -0.39 is 0 Å². The minimum absolute atomic E-state index is 0.808. The number of nitrogens with one attached hydrogen (secondary N) is 1. The average Bonchev–Trinajstić information content (AvgIpc) is 2.41. The van der Waals surface area contributed by atoms with E-state index in [1.807, 2.05) is 18.2 Å². The number of benzene rings is 1. The number of methoxy groups -OCH3 is 2. The molecule has 0 fully saturated rings. The van der Waals surface area contributed by atoms with Gasteiger partial charge in [0.2, 0.25) is 0 Å². The van der Waals surface area contributed by atoms with Gasteiger partial charge in [0.1, 0.15) is 11.5 Å². The molecule has 0 aromatic heterocycles. The molecule has 1 rings (SSSR count). The second kappa shape index (κ2) is 8.81. The van der Waals surface area contributed by atoms with Crippen LogP contribution < -0.4 is 14.8 Å². The van der Waals surface area contributed by atoms with Crippen molar-refractivity contribution < 1.29 is 9.47 Å². The molecule has 1 aromatic carbocycles. The summed E-state index contributed by atoms with van der Waals surface area (Å²) in [5.41, 5.74) is 1.19. The molecule has 0 aliphatic carbocycles. The van der Waals surface area contributed by atoms with Crippen LogP contribution >= 0.6 is 0 Å². The Morgan fingerprint density at radius 2 is 1.63 bits per heavy atom. The summed E-state index contributed by atoms with van der Waals surface area (Å²) >= 11 is 0. The lowest BCUT2D eigenvalue weighted by molar-refractivity contribution is 0.393. The van der Waals surface area contributed by atoms with Gasteiger partial charge in [0.25, 0.3) is 0 Å². The fourth-order valence-electron chi connectivity index (χ4n) is 2.00. The van der Waals surface area contributed by atoms with Crippen molar-refractivity contribution in [2.24, 2.45) is 5.92 Å². The first-order valence-corrected chi connectivity index (χ1v) is 7.08. The van der Waals surface area contributed by atoms with Crippen molar-refractivity contribution in [1.82, 2.24) is 5.32 Å². The van der Waals surface area contributed by atoms with Gasteiger partial charge < -0.3 is 14.8 Å². The van der Waals surface area contributed by atoms with Gasteiger partial charge in [-0.05, 0) is 36.6 Å². The third kappa shape index (κ3) is 6.48. The molecule has 3 heteroatoms. The summed E-state index contributed by atoms with van der Waals surface area (Å²) in [5, 5.41) is 3.47. The fraction of sp³-hybridized carbons (Fsp3) is 0.625. The van der Waals surface area contributed by atoms with Crippen molar-refractivity contribution in [3.63, 3.8) is 0 Å². The van der Waals surface area contributed by atoms with Gasteiger partial charge >= 0.3 is 0 Å². The first-order valence-electron chi connectivity index (χ1n) is 7.08. The summed E-state index contributed by atoms with van der Waals surface area (Å²) < 4.78 is 10.5. The number of hydrogen-bond donors (Lipinski definition) is 1. The van der Waals surface area contributed by atoms with E-state index in [-0.39, 0.29) is 0 Å². The molecular weight excluding hydrogens is 238 g/mol. The minimum Gasteiger partial charge on any atom is -0.497 e. The Morgan fingerprint density at radius 3 is 2.16 bits per heavy atom. The van der Waals surface area contributed by atoms with Gasteiger partial charge in [-0.3, -0.25) is 0 Å². The van der Waals surface area contributed by atoms with Crippen molar-refractivity contribution in [2.45, 2.75) is 39.7 Å². The minimum atomic E-state index is 0.808. The molecule has 0 radical (unpaired) electrons. The van der Waals surface area contributed by atoms with Crippen LogP contribution in [-0.2, 0) is 6.54 Å². The molecule has 3 nitrogen and oxygen atoms in total. The third-order valence-corrected chi connectivity index (χ3v) is 3.13. The highest BCUT2D eigenvalue weighted by Gasteiger charge is 2.01. The highest BCUT2D eigenvalue weighted by atomic mass is 16.5. The van der Waals surface area contributed by atoms with E-state index >= 15 is 0 Å². The second-order valence-electron chi connectivity index (χ2n) is 5.29. The van der Waals surface area contributed by atoms with E-state index in [2.05, 4.69) is 19.2 Å². The maximum atomic E-state index is 5.26. The first kappa shape index (κ1) is 15.8. The van der Waals surface area contributed by atoms with Crippen molar-refractivity contribution in [3.05, 3.63) is 23.8 Å². The smallest absolute Gasteiger partial charge is 0.122 e. The van der Waals surface area contributed by atoms with Crippen LogP contribution in [0.4, 0.5) is 0 Å². The quantitative estimate of drug-likeness (QED) is 0.692. The number of ether oxygens (including phenoxy) is 2. The molecule has 0 saturated heterocycles. The molecule has 1 aromatic rings. The lowest BCUT2D eigenvalue weighted by Crippen LogP contribution is -2.15. The highest BCUT2D eigenvalue weighted by Crippen LogP contribution is 2.22. The zero-order valence-electron chi connectivity index (χ0n) is 12.7. The Bertz CT molecular complexity index is 342. The standard InChI is InChI=1S/C16H27NO2/c1-13(2)7-5-6-8-17-12-14-9-15(18-3)11-16(10-14)19-4/h9-11,13,17H,5-8,12H2,1-4H3. The third-order valence-electron chi connectivity index (χ3n) is 3.13. The van der Waals surface area contributed by atoms with Gasteiger partial charge in [-0.15, -0.1) is 0 Å². The average molecular weight is 265 g/mol. The zero-order valence-corrected chi connectivity index (χ0v) is 12.7. The van der Waals surface area contributed by atoms with Crippen molar-refractivity contribution in [3.8, 4) is 11.5 Å². The summed E-state index contributed by atoms with van der Waals surface area (Å²) in [6, 6.07) is 5.99. The summed E-state index contributed by atoms with van der Waals surface area (Å²) in [7, 11) is 3.36. The molecule has 0 bridgehead atoms. The predicted octanol–water partition coefficient (Wildman–Crippen LogP) is 3.62. The molecular formula is C16H27NO2. The molecule has 19 heavy (non-hydrogen) atoms. The Labute approximate surface area is 117 Å². The van der Waals surface area contributed by atoms with Crippen LogP contribution in [0.1, 0.15) is 38.7 Å². The lowest BCUT2D eigenvalue weighted by atomic mass is 10.1. The Hall–Kier alpha value is -1.22. The van der Waals surface area contributed by atoms with Crippen LogP contribution in [-0.4, -0.2) is 20.8 Å². The van der Waals surface area contributed by atoms with E-state index in [0.29, 0.717) is 0 Å². The summed E-state index contributed by atoms with van der Waals surface area (Å²) in [5.74, 6) is 2.49. The lowest BCUT2D eigenvalue weighted by Gasteiger charge is -2.10. The largest absolute Gasteiger partial charge is 0.497 e. The highest BCUT2D eigenvalue weighted by molar-refractivity contribution is 5.38. The molecule has 0 amide bonds. The van der Waals surface area contributed by atoms with Gasteiger partial charge in [0.15, 0.2) is 0 Å². The van der Waals surface area contributed by atoms with E-state index in [4.69, 9.17) is 9.47 Å². The topological polar surface area (TPSA) is 30.5 Å². The molecule has 0 spiro atoms. The zero-order chi connectivity index (χ0) is 14.1. The second-order valence-corrected chi connectivity index (χ2v) is 5.29. The monoisotopic (exact) mass is 265 g/mol. The molecule has 0 saturated carbocycles. The Kier molecular flexibility index (Phi) is 7.34. The maximum absolute atomic E-state index is 5.26. The molecule has 1 N–H and O–H groups in total. The molecule has 0 atom stereocenters. The number of unbranched alkanes of at least 4 members (excludes halogenated alkanes) is 1. The van der Waals surface area contributed by atoms with E-state index in [1.54, 1.807) is 14.2 Å². The van der Waals surface area contributed by atoms with Gasteiger partial charge in [0, 0.05) is 12.6 Å². The fourth-order valence-corrected chi connectivity index (χ4v) is 2.00. The Morgan fingerprint density at radius 1 is 1.00 bits per heavy atom. The maximum Gasteiger partial charge on any atom is 0.122 e. The molecule has 0 aliphatic heterocycles. The van der Waals surface area contributed by atoms with E-state index in [1.165, 1.54) is 24.8 Å². The predicted molar refractivity (Wildman–Crippen MR) is 79.9 cm³/mol. The van der Waals surface area contributed by atoms with Crippen molar-refractivity contribution in [1.29, 1.82) is 0 Å². The van der Waals surface area contributed by atoms with Gasteiger partial charge in [-0.1, -0.05) is 26.7 Å². The molecule has 0 heterocycles. The molecule has 108 valence electrons. The van der Waals surface area contributed by atoms with Crippen molar-refractivity contribution in [2.75, 3.05) is 20.8 Å². The van der Waals surface area contributed by atoms with E-state index in [9.17, 15) is 0 Å². The van der Waals surface area contributed by atoms with Crippen LogP contribution in [0.15, 0.2) is 18.2 Å².